The summed E-state index contributed by atoms with van der Waals surface area (Å²) in [4.78, 5) is 9.85. The van der Waals surface area contributed by atoms with E-state index in [-0.39, 0.29) is 17.4 Å². The van der Waals surface area contributed by atoms with Crippen LogP contribution in [0.1, 0.15) is 32.8 Å². The van der Waals surface area contributed by atoms with Crippen molar-refractivity contribution in [1.29, 1.82) is 0 Å². The number of aliphatic hydroxyl groups is 1. The monoisotopic (exact) mass is 255 g/mol. The van der Waals surface area contributed by atoms with Crippen molar-refractivity contribution in [2.45, 2.75) is 39.7 Å². The van der Waals surface area contributed by atoms with E-state index in [1.165, 1.54) is 12.1 Å². The van der Waals surface area contributed by atoms with Gasteiger partial charge in [-0.25, -0.2) is 0 Å². The second kappa shape index (κ2) is 5.44. The summed E-state index contributed by atoms with van der Waals surface area (Å²) in [5.74, 6) is -0.802. The maximum absolute atomic E-state index is 13.7. The lowest BCUT2D eigenvalue weighted by atomic mass is 9.85. The Labute approximate surface area is 106 Å². The Hall–Kier alpha value is -1.49. The summed E-state index contributed by atoms with van der Waals surface area (Å²) >= 11 is 0. The zero-order chi connectivity index (χ0) is 13.9. The number of benzene rings is 1. The topological polar surface area (TPSA) is 63.4 Å². The van der Waals surface area contributed by atoms with E-state index >= 15 is 0 Å². The van der Waals surface area contributed by atoms with Crippen LogP contribution in [0.15, 0.2) is 18.2 Å². The summed E-state index contributed by atoms with van der Waals surface area (Å²) in [5.41, 5.74) is -0.526. The first-order valence-corrected chi connectivity index (χ1v) is 5.83. The van der Waals surface area contributed by atoms with E-state index in [1.807, 2.05) is 20.8 Å². The summed E-state index contributed by atoms with van der Waals surface area (Å²) < 4.78 is 13.7. The van der Waals surface area contributed by atoms with Crippen LogP contribution in [0, 0.1) is 21.3 Å². The number of hydrogen-bond donors (Lipinski definition) is 1. The number of hydrogen-bond acceptors (Lipinski definition) is 3. The summed E-state index contributed by atoms with van der Waals surface area (Å²) in [7, 11) is 0. The molecule has 18 heavy (non-hydrogen) atoms. The van der Waals surface area contributed by atoms with Crippen molar-refractivity contribution in [2.75, 3.05) is 0 Å². The number of rotatable bonds is 4. The van der Waals surface area contributed by atoms with E-state index in [0.29, 0.717) is 6.42 Å². The minimum Gasteiger partial charge on any atom is -0.393 e. The van der Waals surface area contributed by atoms with Gasteiger partial charge >= 0.3 is 5.69 Å². The van der Waals surface area contributed by atoms with Gasteiger partial charge in [-0.15, -0.1) is 0 Å². The Morgan fingerprint density at radius 2 is 2.06 bits per heavy atom. The van der Waals surface area contributed by atoms with E-state index in [0.717, 1.165) is 6.07 Å². The summed E-state index contributed by atoms with van der Waals surface area (Å²) in [6, 6.07) is 4.11. The van der Waals surface area contributed by atoms with Gasteiger partial charge in [-0.2, -0.15) is 4.39 Å². The van der Waals surface area contributed by atoms with Gasteiger partial charge in [0.25, 0.3) is 0 Å². The lowest BCUT2D eigenvalue weighted by Crippen LogP contribution is -2.26. The van der Waals surface area contributed by atoms with Crippen molar-refractivity contribution in [3.63, 3.8) is 0 Å². The average Bonchev–Trinajstić information content (AvgIpc) is 2.25. The van der Waals surface area contributed by atoms with E-state index in [2.05, 4.69) is 0 Å². The molecule has 0 saturated carbocycles. The Morgan fingerprint density at radius 1 is 1.44 bits per heavy atom. The Bertz CT molecular complexity index is 440. The fourth-order valence-electron chi connectivity index (χ4n) is 1.63. The first-order chi connectivity index (χ1) is 8.23. The van der Waals surface area contributed by atoms with Gasteiger partial charge in [0.05, 0.1) is 11.0 Å². The average molecular weight is 255 g/mol. The minimum atomic E-state index is -0.802. The molecule has 1 rings (SSSR count). The molecule has 0 fully saturated rings. The maximum atomic E-state index is 13.7. The molecule has 0 aliphatic rings. The van der Waals surface area contributed by atoms with E-state index in [9.17, 15) is 19.6 Å². The molecule has 4 nitrogen and oxygen atoms in total. The highest BCUT2D eigenvalue weighted by Gasteiger charge is 2.23. The van der Waals surface area contributed by atoms with Crippen LogP contribution in [-0.2, 0) is 6.42 Å². The molecule has 0 saturated heterocycles. The second-order valence-electron chi connectivity index (χ2n) is 5.43. The normalized spacial score (nSPS) is 13.4. The summed E-state index contributed by atoms with van der Waals surface area (Å²) in [6.45, 7) is 5.67. The second-order valence-corrected chi connectivity index (χ2v) is 5.43. The third kappa shape index (κ3) is 3.50. The zero-order valence-electron chi connectivity index (χ0n) is 10.8. The number of halogens is 1. The van der Waals surface area contributed by atoms with Crippen LogP contribution in [0.4, 0.5) is 10.1 Å². The molecule has 0 radical (unpaired) electrons. The number of nitrogens with zero attached hydrogens (tertiary/aromatic N) is 1. The highest BCUT2D eigenvalue weighted by atomic mass is 19.1. The third-order valence-corrected chi connectivity index (χ3v) is 2.94. The van der Waals surface area contributed by atoms with Gasteiger partial charge in [0.15, 0.2) is 0 Å². The quantitative estimate of drug-likeness (QED) is 0.664. The van der Waals surface area contributed by atoms with Crippen LogP contribution in [0.3, 0.4) is 0 Å². The molecule has 0 aliphatic heterocycles. The van der Waals surface area contributed by atoms with E-state index < -0.39 is 22.5 Å². The lowest BCUT2D eigenvalue weighted by Gasteiger charge is -2.25. The van der Waals surface area contributed by atoms with Gasteiger partial charge < -0.3 is 5.11 Å². The summed E-state index contributed by atoms with van der Waals surface area (Å²) in [6.07, 6.45) is 0.0873. The Morgan fingerprint density at radius 3 is 2.56 bits per heavy atom. The predicted molar refractivity (Wildman–Crippen MR) is 66.8 cm³/mol. The highest BCUT2D eigenvalue weighted by Crippen LogP contribution is 2.25. The van der Waals surface area contributed by atoms with Crippen molar-refractivity contribution in [3.05, 3.63) is 39.7 Å². The molecule has 0 heterocycles. The predicted octanol–water partition coefficient (Wildman–Crippen LogP) is 3.07. The molecule has 100 valence electrons. The Kier molecular flexibility index (Phi) is 4.40. The standard InChI is InChI=1S/C13H18FNO3/c1-13(2,3)11(16)8-7-9-5-4-6-10(12(9)14)15(17)18/h4-6,11,16H,7-8H2,1-3H3. The van der Waals surface area contributed by atoms with Gasteiger partial charge in [-0.3, -0.25) is 10.1 Å². The number of nitro benzene ring substituents is 1. The van der Waals surface area contributed by atoms with E-state index in [1.54, 1.807) is 0 Å². The molecule has 0 spiro atoms. The number of aryl methyl sites for hydroxylation is 1. The first kappa shape index (κ1) is 14.6. The molecule has 1 aromatic carbocycles. The molecule has 1 unspecified atom stereocenters. The van der Waals surface area contributed by atoms with Crippen LogP contribution in [0.5, 0.6) is 0 Å². The SMILES string of the molecule is CC(C)(C)C(O)CCc1cccc([N+](=O)[O-])c1F. The molecule has 1 atom stereocenters. The molecule has 1 N–H and O–H groups in total. The van der Waals surface area contributed by atoms with Crippen LogP contribution in [0.2, 0.25) is 0 Å². The fourth-order valence-corrected chi connectivity index (χ4v) is 1.63. The van der Waals surface area contributed by atoms with Crippen molar-refractivity contribution >= 4 is 5.69 Å². The van der Waals surface area contributed by atoms with Gasteiger partial charge in [-0.1, -0.05) is 32.9 Å². The smallest absolute Gasteiger partial charge is 0.305 e. The highest BCUT2D eigenvalue weighted by molar-refractivity contribution is 5.36. The lowest BCUT2D eigenvalue weighted by molar-refractivity contribution is -0.387. The molecular weight excluding hydrogens is 237 g/mol. The molecule has 0 bridgehead atoms. The van der Waals surface area contributed by atoms with Gasteiger partial charge in [0, 0.05) is 6.07 Å². The van der Waals surface area contributed by atoms with Crippen molar-refractivity contribution in [1.82, 2.24) is 0 Å². The van der Waals surface area contributed by atoms with E-state index in [4.69, 9.17) is 0 Å². The van der Waals surface area contributed by atoms with Gasteiger partial charge in [-0.05, 0) is 23.8 Å². The third-order valence-electron chi connectivity index (χ3n) is 2.94. The van der Waals surface area contributed by atoms with Crippen LogP contribution in [-0.4, -0.2) is 16.1 Å². The van der Waals surface area contributed by atoms with Crippen molar-refractivity contribution < 1.29 is 14.4 Å². The number of nitro groups is 1. The number of aliphatic hydroxyl groups excluding tert-OH is 1. The molecule has 5 heteroatoms. The van der Waals surface area contributed by atoms with Gasteiger partial charge in [0.2, 0.25) is 5.82 Å². The van der Waals surface area contributed by atoms with Gasteiger partial charge in [0.1, 0.15) is 0 Å². The Balaban J connectivity index is 2.81. The maximum Gasteiger partial charge on any atom is 0.305 e. The summed E-state index contributed by atoms with van der Waals surface area (Å²) in [5, 5.41) is 20.4. The van der Waals surface area contributed by atoms with Crippen LogP contribution < -0.4 is 0 Å². The molecule has 0 amide bonds. The minimum absolute atomic E-state index is 0.271. The molecule has 1 aromatic rings. The van der Waals surface area contributed by atoms with Crippen LogP contribution >= 0.6 is 0 Å². The zero-order valence-corrected chi connectivity index (χ0v) is 10.8. The fraction of sp³-hybridized carbons (Fsp3) is 0.538. The first-order valence-electron chi connectivity index (χ1n) is 5.83. The molecule has 0 aromatic heterocycles. The van der Waals surface area contributed by atoms with Crippen molar-refractivity contribution in [3.8, 4) is 0 Å². The van der Waals surface area contributed by atoms with Crippen LogP contribution in [0.25, 0.3) is 0 Å². The van der Waals surface area contributed by atoms with Crippen molar-refractivity contribution in [2.24, 2.45) is 5.41 Å². The molecular formula is C13H18FNO3. The largest absolute Gasteiger partial charge is 0.393 e. The molecule has 0 aliphatic carbocycles.